The molecular weight excluding hydrogens is 152 g/mol. The Morgan fingerprint density at radius 2 is 1.75 bits per heavy atom. The third-order valence-electron chi connectivity index (χ3n) is 1.31. The molecule has 1 saturated heterocycles. The lowest BCUT2D eigenvalue weighted by molar-refractivity contribution is -0.127. The Bertz CT molecular complexity index is 98.7. The van der Waals surface area contributed by atoms with Crippen LogP contribution in [0.1, 0.15) is 34.6 Å². The molecule has 0 saturated carbocycles. The van der Waals surface area contributed by atoms with Gasteiger partial charge in [0, 0.05) is 20.0 Å². The molecule has 12 heavy (non-hydrogen) atoms. The van der Waals surface area contributed by atoms with Crippen LogP contribution in [-0.2, 0) is 4.79 Å². The van der Waals surface area contributed by atoms with E-state index in [0.717, 1.165) is 19.8 Å². The van der Waals surface area contributed by atoms with Crippen molar-refractivity contribution in [3.63, 3.8) is 0 Å². The normalized spacial score (nSPS) is 13.9. The van der Waals surface area contributed by atoms with E-state index in [1.165, 1.54) is 0 Å². The van der Waals surface area contributed by atoms with Crippen molar-refractivity contribution in [1.29, 1.82) is 0 Å². The standard InChI is InChI=1S/C5H10N2O.2C2H6/c1-5(8)7-3-2-6-4-7;2*1-2/h6H,2-4H2,1H3;2*1-2H3. The smallest absolute Gasteiger partial charge is 0.220 e. The number of hydrogen-bond acceptors (Lipinski definition) is 2. The van der Waals surface area contributed by atoms with Gasteiger partial charge in [0.25, 0.3) is 0 Å². The summed E-state index contributed by atoms with van der Waals surface area (Å²) < 4.78 is 0. The highest BCUT2D eigenvalue weighted by atomic mass is 16.2. The van der Waals surface area contributed by atoms with Crippen molar-refractivity contribution in [1.82, 2.24) is 10.2 Å². The van der Waals surface area contributed by atoms with Gasteiger partial charge in [0.1, 0.15) is 0 Å². The molecule has 0 bridgehead atoms. The maximum absolute atomic E-state index is 10.5. The van der Waals surface area contributed by atoms with Gasteiger partial charge in [-0.15, -0.1) is 0 Å². The molecular formula is C9H22N2O. The summed E-state index contributed by atoms with van der Waals surface area (Å²) in [5, 5.41) is 3.06. The molecule has 0 atom stereocenters. The molecule has 1 aliphatic rings. The summed E-state index contributed by atoms with van der Waals surface area (Å²) in [4.78, 5) is 12.3. The van der Waals surface area contributed by atoms with E-state index >= 15 is 0 Å². The van der Waals surface area contributed by atoms with Crippen LogP contribution in [0.2, 0.25) is 0 Å². The Labute approximate surface area is 76.1 Å². The second-order valence-corrected chi connectivity index (χ2v) is 1.94. The zero-order chi connectivity index (χ0) is 9.98. The zero-order valence-corrected chi connectivity index (χ0v) is 8.98. The van der Waals surface area contributed by atoms with Gasteiger partial charge in [-0.1, -0.05) is 27.7 Å². The van der Waals surface area contributed by atoms with Gasteiger partial charge in [0.05, 0.1) is 6.67 Å². The number of amides is 1. The quantitative estimate of drug-likeness (QED) is 0.603. The van der Waals surface area contributed by atoms with Gasteiger partial charge >= 0.3 is 0 Å². The molecule has 1 amide bonds. The molecule has 0 aromatic heterocycles. The van der Waals surface area contributed by atoms with E-state index in [1.54, 1.807) is 11.8 Å². The maximum atomic E-state index is 10.5. The van der Waals surface area contributed by atoms with Crippen LogP contribution in [0.4, 0.5) is 0 Å². The highest BCUT2D eigenvalue weighted by Crippen LogP contribution is 1.90. The number of carbonyl (C=O) groups excluding carboxylic acids is 1. The van der Waals surface area contributed by atoms with Crippen molar-refractivity contribution in [3.8, 4) is 0 Å². The van der Waals surface area contributed by atoms with E-state index in [2.05, 4.69) is 5.32 Å². The molecule has 3 nitrogen and oxygen atoms in total. The molecule has 74 valence electrons. The summed E-state index contributed by atoms with van der Waals surface area (Å²) in [6, 6.07) is 0. The number of carbonyl (C=O) groups is 1. The van der Waals surface area contributed by atoms with Crippen molar-refractivity contribution < 1.29 is 4.79 Å². The summed E-state index contributed by atoms with van der Waals surface area (Å²) >= 11 is 0. The van der Waals surface area contributed by atoms with Gasteiger partial charge in [-0.2, -0.15) is 0 Å². The first-order valence-electron chi connectivity index (χ1n) is 4.77. The van der Waals surface area contributed by atoms with Crippen LogP contribution >= 0.6 is 0 Å². The largest absolute Gasteiger partial charge is 0.329 e. The fraction of sp³-hybridized carbons (Fsp3) is 0.889. The molecule has 1 N–H and O–H groups in total. The maximum Gasteiger partial charge on any atom is 0.220 e. The van der Waals surface area contributed by atoms with Gasteiger partial charge in [-0.05, 0) is 0 Å². The third kappa shape index (κ3) is 6.16. The first kappa shape index (κ1) is 14.0. The summed E-state index contributed by atoms with van der Waals surface area (Å²) in [5.74, 6) is 0.162. The molecule has 0 aromatic carbocycles. The van der Waals surface area contributed by atoms with Gasteiger partial charge in [-0.3, -0.25) is 10.1 Å². The minimum Gasteiger partial charge on any atom is -0.329 e. The average molecular weight is 174 g/mol. The van der Waals surface area contributed by atoms with E-state index in [0.29, 0.717) is 0 Å². The lowest BCUT2D eigenvalue weighted by Crippen LogP contribution is -2.26. The lowest BCUT2D eigenvalue weighted by atomic mass is 10.6. The average Bonchev–Trinajstić information content (AvgIpc) is 2.64. The van der Waals surface area contributed by atoms with E-state index in [4.69, 9.17) is 0 Å². The van der Waals surface area contributed by atoms with Crippen molar-refractivity contribution in [2.75, 3.05) is 19.8 Å². The van der Waals surface area contributed by atoms with Crippen LogP contribution in [0.15, 0.2) is 0 Å². The topological polar surface area (TPSA) is 32.3 Å². The second kappa shape index (κ2) is 10.4. The van der Waals surface area contributed by atoms with Crippen LogP contribution < -0.4 is 5.32 Å². The van der Waals surface area contributed by atoms with Crippen LogP contribution in [0, 0.1) is 0 Å². The van der Waals surface area contributed by atoms with Gasteiger partial charge in [0.15, 0.2) is 0 Å². The van der Waals surface area contributed by atoms with Crippen LogP contribution in [0.5, 0.6) is 0 Å². The minimum atomic E-state index is 0.162. The Kier molecular flexibility index (Phi) is 12.2. The molecule has 1 heterocycles. The van der Waals surface area contributed by atoms with Gasteiger partial charge in [-0.25, -0.2) is 0 Å². The summed E-state index contributed by atoms with van der Waals surface area (Å²) in [5.41, 5.74) is 0. The first-order chi connectivity index (χ1) is 5.80. The molecule has 0 spiro atoms. The fourth-order valence-electron chi connectivity index (χ4n) is 0.776. The van der Waals surface area contributed by atoms with Crippen molar-refractivity contribution in [2.45, 2.75) is 34.6 Å². The van der Waals surface area contributed by atoms with Gasteiger partial charge < -0.3 is 4.90 Å². The summed E-state index contributed by atoms with van der Waals surface area (Å²) in [7, 11) is 0. The van der Waals surface area contributed by atoms with Gasteiger partial charge in [0.2, 0.25) is 5.91 Å². The van der Waals surface area contributed by atoms with E-state index in [-0.39, 0.29) is 5.91 Å². The van der Waals surface area contributed by atoms with Crippen molar-refractivity contribution in [3.05, 3.63) is 0 Å². The number of hydrogen-bond donors (Lipinski definition) is 1. The molecule has 0 radical (unpaired) electrons. The Morgan fingerprint density at radius 1 is 1.25 bits per heavy atom. The number of nitrogens with one attached hydrogen (secondary N) is 1. The summed E-state index contributed by atoms with van der Waals surface area (Å²) in [6.07, 6.45) is 0. The highest BCUT2D eigenvalue weighted by molar-refractivity contribution is 5.73. The van der Waals surface area contributed by atoms with Crippen molar-refractivity contribution >= 4 is 5.91 Å². The fourth-order valence-corrected chi connectivity index (χ4v) is 0.776. The highest BCUT2D eigenvalue weighted by Gasteiger charge is 2.11. The van der Waals surface area contributed by atoms with E-state index < -0.39 is 0 Å². The molecule has 1 aliphatic heterocycles. The number of rotatable bonds is 0. The Hall–Kier alpha value is -0.570. The molecule has 1 fully saturated rings. The molecule has 3 heteroatoms. The minimum absolute atomic E-state index is 0.162. The first-order valence-corrected chi connectivity index (χ1v) is 4.77. The zero-order valence-electron chi connectivity index (χ0n) is 8.98. The SMILES string of the molecule is CC.CC.CC(=O)N1CCNC1. The van der Waals surface area contributed by atoms with Crippen LogP contribution in [-0.4, -0.2) is 30.6 Å². The van der Waals surface area contributed by atoms with E-state index in [9.17, 15) is 4.79 Å². The Balaban J connectivity index is 0. The van der Waals surface area contributed by atoms with Crippen LogP contribution in [0.3, 0.4) is 0 Å². The third-order valence-corrected chi connectivity index (χ3v) is 1.31. The summed E-state index contributed by atoms with van der Waals surface area (Å²) in [6.45, 7) is 12.1. The number of nitrogens with zero attached hydrogens (tertiary/aromatic N) is 1. The van der Waals surface area contributed by atoms with E-state index in [1.807, 2.05) is 27.7 Å². The van der Waals surface area contributed by atoms with Crippen LogP contribution in [0.25, 0.3) is 0 Å². The molecule has 1 rings (SSSR count). The van der Waals surface area contributed by atoms with Crippen molar-refractivity contribution in [2.24, 2.45) is 0 Å². The predicted molar refractivity (Wildman–Crippen MR) is 53.0 cm³/mol. The molecule has 0 unspecified atom stereocenters. The second-order valence-electron chi connectivity index (χ2n) is 1.94. The predicted octanol–water partition coefficient (Wildman–Crippen LogP) is 1.45. The Morgan fingerprint density at radius 3 is 1.92 bits per heavy atom. The monoisotopic (exact) mass is 174 g/mol. The lowest BCUT2D eigenvalue weighted by Gasteiger charge is -2.09. The molecule has 0 aliphatic carbocycles. The molecule has 0 aromatic rings.